The van der Waals surface area contributed by atoms with Crippen LogP contribution in [0.1, 0.15) is 65.4 Å². The fourth-order valence-electron chi connectivity index (χ4n) is 4.73. The molecular formula is C25H31FN2O. The van der Waals surface area contributed by atoms with Gasteiger partial charge in [-0.3, -0.25) is 4.79 Å². The van der Waals surface area contributed by atoms with Gasteiger partial charge in [0, 0.05) is 28.6 Å². The van der Waals surface area contributed by atoms with Crippen molar-refractivity contribution in [1.29, 1.82) is 0 Å². The first-order valence-corrected chi connectivity index (χ1v) is 10.1. The Morgan fingerprint density at radius 2 is 1.97 bits per heavy atom. The topological polar surface area (TPSA) is 55.1 Å². The van der Waals surface area contributed by atoms with Crippen LogP contribution in [0.5, 0.6) is 0 Å². The van der Waals surface area contributed by atoms with Crippen LogP contribution < -0.4 is 11.1 Å². The lowest BCUT2D eigenvalue weighted by Crippen LogP contribution is -2.30. The van der Waals surface area contributed by atoms with Crippen LogP contribution >= 0.6 is 0 Å². The van der Waals surface area contributed by atoms with Crippen LogP contribution in [-0.2, 0) is 4.79 Å². The standard InChI is InChI=1S/C25H31FN2O/c1-14-20-13-25(5,6)11-10-21(20)28-16(3)23(17(4)29)24(22(14)15(2)27)18-8-7-9-19(26)12-18/h7-9,12,24,28H,2,10-11,13,27H2,1,3-6H3/b22-14+,23-16-. The predicted octanol–water partition coefficient (Wildman–Crippen LogP) is 5.63. The third kappa shape index (κ3) is 4.07. The van der Waals surface area contributed by atoms with Crippen LogP contribution in [0.3, 0.4) is 0 Å². The van der Waals surface area contributed by atoms with Gasteiger partial charge in [0.25, 0.3) is 0 Å². The van der Waals surface area contributed by atoms with E-state index in [4.69, 9.17) is 5.73 Å². The molecule has 3 N–H and O–H groups in total. The second kappa shape index (κ2) is 7.66. The predicted molar refractivity (Wildman–Crippen MR) is 116 cm³/mol. The second-order valence-electron chi connectivity index (χ2n) is 9.07. The number of hydrogen-bond acceptors (Lipinski definition) is 3. The summed E-state index contributed by atoms with van der Waals surface area (Å²) in [6, 6.07) is 6.41. The monoisotopic (exact) mass is 394 g/mol. The first kappa shape index (κ1) is 21.1. The van der Waals surface area contributed by atoms with Crippen LogP contribution in [-0.4, -0.2) is 5.78 Å². The smallest absolute Gasteiger partial charge is 0.158 e. The van der Waals surface area contributed by atoms with Crippen LogP contribution in [0.2, 0.25) is 0 Å². The summed E-state index contributed by atoms with van der Waals surface area (Å²) in [7, 11) is 0. The van der Waals surface area contributed by atoms with Gasteiger partial charge in [0.1, 0.15) is 5.82 Å². The molecule has 1 aromatic carbocycles. The fraction of sp³-hybridized carbons (Fsp3) is 0.400. The minimum atomic E-state index is -0.465. The lowest BCUT2D eigenvalue weighted by Gasteiger charge is -2.38. The normalized spacial score (nSPS) is 26.9. The molecule has 0 fully saturated rings. The molecule has 0 saturated heterocycles. The molecular weight excluding hydrogens is 363 g/mol. The average molecular weight is 395 g/mol. The molecule has 1 unspecified atom stereocenters. The Kier molecular flexibility index (Phi) is 5.57. The molecule has 29 heavy (non-hydrogen) atoms. The molecule has 0 spiro atoms. The summed E-state index contributed by atoms with van der Waals surface area (Å²) in [4.78, 5) is 12.8. The molecule has 1 aliphatic heterocycles. The van der Waals surface area contributed by atoms with Crippen molar-refractivity contribution in [3.63, 3.8) is 0 Å². The molecule has 0 saturated carbocycles. The third-order valence-corrected chi connectivity index (χ3v) is 6.16. The molecule has 1 heterocycles. The molecule has 0 radical (unpaired) electrons. The number of carbonyl (C=O) groups excluding carboxylic acids is 1. The number of benzene rings is 1. The van der Waals surface area contributed by atoms with E-state index in [9.17, 15) is 9.18 Å². The average Bonchev–Trinajstić information content (AvgIpc) is 2.60. The maximum atomic E-state index is 14.1. The van der Waals surface area contributed by atoms with Crippen molar-refractivity contribution in [3.05, 3.63) is 81.6 Å². The summed E-state index contributed by atoms with van der Waals surface area (Å²) in [5.41, 5.74) is 13.2. The lowest BCUT2D eigenvalue weighted by molar-refractivity contribution is -0.113. The SMILES string of the molecule is C=C(N)/C1=C(/C)C2=C(CCC(C)(C)C2)N/C(C)=C(/C(C)=O)C1c1cccc(F)c1. The number of carbonyl (C=O) groups is 1. The minimum Gasteiger partial charge on any atom is -0.399 e. The number of Topliss-reactive ketones (excluding diaryl/α,β-unsaturated/α-hetero) is 1. The number of halogens is 1. The summed E-state index contributed by atoms with van der Waals surface area (Å²) in [5.74, 6) is -0.861. The molecule has 1 aromatic rings. The van der Waals surface area contributed by atoms with E-state index in [0.29, 0.717) is 16.8 Å². The van der Waals surface area contributed by atoms with Gasteiger partial charge in [-0.1, -0.05) is 32.6 Å². The van der Waals surface area contributed by atoms with E-state index in [0.717, 1.165) is 41.8 Å². The highest BCUT2D eigenvalue weighted by atomic mass is 19.1. The van der Waals surface area contributed by atoms with E-state index < -0.39 is 5.92 Å². The van der Waals surface area contributed by atoms with Gasteiger partial charge >= 0.3 is 0 Å². The van der Waals surface area contributed by atoms with Gasteiger partial charge in [0.15, 0.2) is 5.78 Å². The number of ketones is 1. The summed E-state index contributed by atoms with van der Waals surface area (Å²) in [6.45, 7) is 14.1. The van der Waals surface area contributed by atoms with Crippen LogP contribution in [0, 0.1) is 11.2 Å². The molecule has 4 heteroatoms. The van der Waals surface area contributed by atoms with Crippen LogP contribution in [0.4, 0.5) is 4.39 Å². The molecule has 1 atom stereocenters. The molecule has 3 rings (SSSR count). The highest BCUT2D eigenvalue weighted by molar-refractivity contribution is 5.97. The quantitative estimate of drug-likeness (QED) is 0.699. The van der Waals surface area contributed by atoms with Crippen molar-refractivity contribution in [3.8, 4) is 0 Å². The molecule has 3 nitrogen and oxygen atoms in total. The largest absolute Gasteiger partial charge is 0.399 e. The highest BCUT2D eigenvalue weighted by Crippen LogP contribution is 2.46. The summed E-state index contributed by atoms with van der Waals surface area (Å²) < 4.78 is 14.1. The zero-order chi connectivity index (χ0) is 21.5. The molecule has 0 amide bonds. The maximum absolute atomic E-state index is 14.1. The zero-order valence-electron chi connectivity index (χ0n) is 18.1. The van der Waals surface area contributed by atoms with Crippen molar-refractivity contribution in [2.24, 2.45) is 11.1 Å². The number of nitrogens with one attached hydrogen (secondary N) is 1. The number of hydrogen-bond donors (Lipinski definition) is 2. The van der Waals surface area contributed by atoms with E-state index >= 15 is 0 Å². The molecule has 2 aliphatic rings. The van der Waals surface area contributed by atoms with Gasteiger partial charge in [-0.05, 0) is 79.9 Å². The van der Waals surface area contributed by atoms with Gasteiger partial charge in [-0.2, -0.15) is 0 Å². The first-order valence-electron chi connectivity index (χ1n) is 10.1. The van der Waals surface area contributed by atoms with Crippen LogP contribution in [0.25, 0.3) is 0 Å². The van der Waals surface area contributed by atoms with Crippen molar-refractivity contribution >= 4 is 5.78 Å². The van der Waals surface area contributed by atoms with Crippen molar-refractivity contribution in [2.75, 3.05) is 0 Å². The third-order valence-electron chi connectivity index (χ3n) is 6.16. The fourth-order valence-corrected chi connectivity index (χ4v) is 4.73. The van der Waals surface area contributed by atoms with E-state index in [1.807, 2.05) is 13.0 Å². The van der Waals surface area contributed by atoms with E-state index in [-0.39, 0.29) is 17.0 Å². The maximum Gasteiger partial charge on any atom is 0.158 e. The Bertz CT molecular complexity index is 978. The Morgan fingerprint density at radius 3 is 2.55 bits per heavy atom. The molecule has 0 aromatic heterocycles. The van der Waals surface area contributed by atoms with Gasteiger partial charge in [0.2, 0.25) is 0 Å². The van der Waals surface area contributed by atoms with Gasteiger partial charge in [-0.15, -0.1) is 0 Å². The van der Waals surface area contributed by atoms with Crippen molar-refractivity contribution in [1.82, 2.24) is 5.32 Å². The molecule has 154 valence electrons. The second-order valence-corrected chi connectivity index (χ2v) is 9.07. The summed E-state index contributed by atoms with van der Waals surface area (Å²) in [5, 5.41) is 3.53. The number of allylic oxidation sites excluding steroid dienone is 6. The molecule has 0 bridgehead atoms. The van der Waals surface area contributed by atoms with Crippen molar-refractivity contribution < 1.29 is 9.18 Å². The van der Waals surface area contributed by atoms with Crippen molar-refractivity contribution in [2.45, 2.75) is 59.8 Å². The Hall–Kier alpha value is -2.62. The highest BCUT2D eigenvalue weighted by Gasteiger charge is 2.35. The Morgan fingerprint density at radius 1 is 1.28 bits per heavy atom. The van der Waals surface area contributed by atoms with E-state index in [2.05, 4.69) is 32.7 Å². The molecule has 1 aliphatic carbocycles. The van der Waals surface area contributed by atoms with Crippen LogP contribution in [0.15, 0.2) is 70.2 Å². The number of rotatable bonds is 3. The van der Waals surface area contributed by atoms with E-state index in [1.54, 1.807) is 13.0 Å². The van der Waals surface area contributed by atoms with Gasteiger partial charge in [-0.25, -0.2) is 4.39 Å². The Balaban J connectivity index is 2.37. The summed E-state index contributed by atoms with van der Waals surface area (Å²) >= 11 is 0. The number of nitrogens with two attached hydrogens (primary N) is 1. The zero-order valence-corrected chi connectivity index (χ0v) is 18.1. The minimum absolute atomic E-state index is 0.0593. The lowest BCUT2D eigenvalue weighted by atomic mass is 9.70. The van der Waals surface area contributed by atoms with Gasteiger partial charge in [0.05, 0.1) is 0 Å². The van der Waals surface area contributed by atoms with E-state index in [1.165, 1.54) is 17.7 Å². The first-order chi connectivity index (χ1) is 13.5. The summed E-state index contributed by atoms with van der Waals surface area (Å²) in [6.07, 6.45) is 2.90. The Labute approximate surface area is 173 Å². The van der Waals surface area contributed by atoms with Gasteiger partial charge < -0.3 is 11.1 Å².